The highest BCUT2D eigenvalue weighted by Gasteiger charge is 2.22. The lowest BCUT2D eigenvalue weighted by Gasteiger charge is -2.16. The summed E-state index contributed by atoms with van der Waals surface area (Å²) in [6.07, 6.45) is 0. The van der Waals surface area contributed by atoms with Crippen LogP contribution in [0.3, 0.4) is 0 Å². The van der Waals surface area contributed by atoms with Gasteiger partial charge < -0.3 is 0 Å². The number of hydrogen-bond donors (Lipinski definition) is 0. The summed E-state index contributed by atoms with van der Waals surface area (Å²) in [6.45, 7) is 0. The van der Waals surface area contributed by atoms with Crippen molar-refractivity contribution < 1.29 is 0 Å². The van der Waals surface area contributed by atoms with Gasteiger partial charge in [-0.2, -0.15) is 5.26 Å². The molecule has 0 radical (unpaired) electrons. The number of hydrogen-bond acceptors (Lipinski definition) is 6. The molecule has 0 saturated carbocycles. The van der Waals surface area contributed by atoms with Crippen LogP contribution in [0.2, 0.25) is 0 Å². The second kappa shape index (κ2) is 13.8. The first-order valence-corrected chi connectivity index (χ1v) is 18.4. The number of para-hydroxylation sites is 1. The highest BCUT2D eigenvalue weighted by Crippen LogP contribution is 2.41. The van der Waals surface area contributed by atoms with Crippen LogP contribution in [0.1, 0.15) is 5.56 Å². The van der Waals surface area contributed by atoms with Crippen LogP contribution in [-0.2, 0) is 0 Å². The summed E-state index contributed by atoms with van der Waals surface area (Å²) in [5.41, 5.74) is 12.1. The number of nitrogens with zero attached hydrogens (tertiary/aromatic N) is 6. The molecule has 3 heterocycles. The zero-order valence-electron chi connectivity index (χ0n) is 30.0. The van der Waals surface area contributed by atoms with E-state index in [1.54, 1.807) is 0 Å². The number of rotatable bonds is 6. The van der Waals surface area contributed by atoms with Gasteiger partial charge in [0.2, 0.25) is 0 Å². The Hall–Kier alpha value is -7.88. The van der Waals surface area contributed by atoms with Gasteiger partial charge in [-0.15, -0.1) is 0 Å². The average molecular weight is 715 g/mol. The maximum absolute atomic E-state index is 10.8. The van der Waals surface area contributed by atoms with Gasteiger partial charge >= 0.3 is 0 Å². The second-order valence-electron chi connectivity index (χ2n) is 13.6. The highest BCUT2D eigenvalue weighted by atomic mass is 14.9. The molecule has 0 saturated heterocycles. The SMILES string of the molecule is N#Cc1cc2nc(-c3ccccc3)c(-c3ccccc3)nc2c2c1c(-c1cccc(-c3cc(-c4ccccc4)nc(-c4ccccc4)n3)c1)nc1ccccc12. The summed E-state index contributed by atoms with van der Waals surface area (Å²) in [5, 5.41) is 13.3. The molecule has 6 heteroatoms. The lowest BCUT2D eigenvalue weighted by molar-refractivity contribution is 1.18. The molecule has 3 aromatic heterocycles. The lowest BCUT2D eigenvalue weighted by atomic mass is 9.93. The Bertz CT molecular complexity index is 3070. The summed E-state index contributed by atoms with van der Waals surface area (Å²) in [7, 11) is 0. The largest absolute Gasteiger partial charge is 0.247 e. The van der Waals surface area contributed by atoms with Crippen molar-refractivity contribution in [3.05, 3.63) is 188 Å². The first kappa shape index (κ1) is 32.7. The zero-order valence-corrected chi connectivity index (χ0v) is 30.0. The highest BCUT2D eigenvalue weighted by molar-refractivity contribution is 6.23. The monoisotopic (exact) mass is 714 g/mol. The molecule has 0 aliphatic rings. The van der Waals surface area contributed by atoms with E-state index < -0.39 is 0 Å². The molecular weight excluding hydrogens is 685 g/mol. The fourth-order valence-corrected chi connectivity index (χ4v) is 7.45. The fraction of sp³-hybridized carbons (Fsp3) is 0. The van der Waals surface area contributed by atoms with Crippen LogP contribution in [-0.4, -0.2) is 24.9 Å². The topological polar surface area (TPSA) is 88.2 Å². The van der Waals surface area contributed by atoms with E-state index in [1.165, 1.54) is 0 Å². The lowest BCUT2D eigenvalue weighted by Crippen LogP contribution is -2.00. The Labute approximate surface area is 323 Å². The Morgan fingerprint density at radius 1 is 0.357 bits per heavy atom. The third kappa shape index (κ3) is 5.81. The summed E-state index contributed by atoms with van der Waals surface area (Å²) < 4.78 is 0. The Morgan fingerprint density at radius 3 is 1.54 bits per heavy atom. The predicted octanol–water partition coefficient (Wildman–Crippen LogP) is 12.0. The molecule has 0 aliphatic carbocycles. The van der Waals surface area contributed by atoms with Gasteiger partial charge in [0.25, 0.3) is 0 Å². The quantitative estimate of drug-likeness (QED) is 0.159. The van der Waals surface area contributed by atoms with Crippen LogP contribution in [0, 0.1) is 11.3 Å². The van der Waals surface area contributed by atoms with Gasteiger partial charge in [0.15, 0.2) is 5.82 Å². The molecule has 0 atom stereocenters. The van der Waals surface area contributed by atoms with E-state index in [2.05, 4.69) is 48.5 Å². The molecule has 0 aliphatic heterocycles. The van der Waals surface area contributed by atoms with Gasteiger partial charge in [0.05, 0.1) is 56.7 Å². The van der Waals surface area contributed by atoms with Crippen molar-refractivity contribution in [2.24, 2.45) is 0 Å². The number of aromatic nitrogens is 5. The second-order valence-corrected chi connectivity index (χ2v) is 13.6. The molecule has 0 N–H and O–H groups in total. The van der Waals surface area contributed by atoms with E-state index >= 15 is 0 Å². The molecule has 0 spiro atoms. The minimum Gasteiger partial charge on any atom is -0.247 e. The molecular formula is C50H30N6. The third-order valence-electron chi connectivity index (χ3n) is 10.1. The van der Waals surface area contributed by atoms with E-state index in [4.69, 9.17) is 24.9 Å². The van der Waals surface area contributed by atoms with Crippen LogP contribution in [0.5, 0.6) is 0 Å². The molecule has 56 heavy (non-hydrogen) atoms. The molecule has 0 amide bonds. The molecule has 6 nitrogen and oxygen atoms in total. The number of nitriles is 1. The van der Waals surface area contributed by atoms with Gasteiger partial charge in [-0.3, -0.25) is 0 Å². The van der Waals surface area contributed by atoms with Crippen molar-refractivity contribution in [1.29, 1.82) is 5.26 Å². The first-order chi connectivity index (χ1) is 27.7. The number of pyridine rings is 1. The summed E-state index contributed by atoms with van der Waals surface area (Å²) in [4.78, 5) is 26.0. The zero-order chi connectivity index (χ0) is 37.4. The van der Waals surface area contributed by atoms with Crippen molar-refractivity contribution in [3.8, 4) is 73.7 Å². The minimum atomic E-state index is 0.478. The smallest absolute Gasteiger partial charge is 0.160 e. The van der Waals surface area contributed by atoms with Gasteiger partial charge in [-0.05, 0) is 24.3 Å². The summed E-state index contributed by atoms with van der Waals surface area (Å²) >= 11 is 0. The van der Waals surface area contributed by atoms with Crippen LogP contribution in [0.25, 0.3) is 100 Å². The molecule has 0 unspecified atom stereocenters. The van der Waals surface area contributed by atoms with Crippen LogP contribution in [0.15, 0.2) is 182 Å². The first-order valence-electron chi connectivity index (χ1n) is 18.4. The van der Waals surface area contributed by atoms with E-state index in [-0.39, 0.29) is 0 Å². The van der Waals surface area contributed by atoms with Crippen LogP contribution in [0.4, 0.5) is 0 Å². The number of benzene rings is 7. The molecule has 10 aromatic rings. The van der Waals surface area contributed by atoms with Gasteiger partial charge in [0, 0.05) is 49.5 Å². The van der Waals surface area contributed by atoms with E-state index in [0.29, 0.717) is 28.1 Å². The van der Waals surface area contributed by atoms with E-state index in [9.17, 15) is 5.26 Å². The van der Waals surface area contributed by atoms with Gasteiger partial charge in [-0.1, -0.05) is 158 Å². The van der Waals surface area contributed by atoms with Crippen molar-refractivity contribution in [1.82, 2.24) is 24.9 Å². The fourth-order valence-electron chi connectivity index (χ4n) is 7.45. The Kier molecular flexibility index (Phi) is 8.09. The molecule has 0 fully saturated rings. The Balaban J connectivity index is 1.24. The summed E-state index contributed by atoms with van der Waals surface area (Å²) in [5.74, 6) is 0.641. The van der Waals surface area contributed by atoms with Gasteiger partial charge in [-0.25, -0.2) is 24.9 Å². The maximum atomic E-state index is 10.8. The van der Waals surface area contributed by atoms with E-state index in [0.717, 1.165) is 77.8 Å². The average Bonchev–Trinajstić information content (AvgIpc) is 3.29. The van der Waals surface area contributed by atoms with Crippen LogP contribution < -0.4 is 0 Å². The van der Waals surface area contributed by atoms with Gasteiger partial charge in [0.1, 0.15) is 0 Å². The molecule has 10 rings (SSSR count). The summed E-state index contributed by atoms with van der Waals surface area (Å²) in [6, 6.07) is 63.1. The third-order valence-corrected chi connectivity index (χ3v) is 10.1. The van der Waals surface area contributed by atoms with Crippen molar-refractivity contribution in [2.75, 3.05) is 0 Å². The van der Waals surface area contributed by atoms with Crippen molar-refractivity contribution in [2.45, 2.75) is 0 Å². The van der Waals surface area contributed by atoms with E-state index in [1.807, 2.05) is 140 Å². The van der Waals surface area contributed by atoms with Crippen molar-refractivity contribution in [3.63, 3.8) is 0 Å². The normalized spacial score (nSPS) is 11.2. The molecule has 0 bridgehead atoms. The minimum absolute atomic E-state index is 0.478. The van der Waals surface area contributed by atoms with Crippen LogP contribution >= 0.6 is 0 Å². The standard InChI is InChI=1S/C50H30N6/c51-31-38-29-43-49(56-48(34-20-9-3-10-21-34)47(53-43)33-18-7-2-8-19-33)45-39-26-13-14-27-40(39)52-46(44(38)45)37-25-15-24-36(28-37)42-30-41(32-16-5-1-6-17-32)54-50(55-42)35-22-11-4-12-23-35/h1-30H. The Morgan fingerprint density at radius 2 is 0.875 bits per heavy atom. The molecule has 7 aromatic carbocycles. The predicted molar refractivity (Wildman–Crippen MR) is 225 cm³/mol. The number of fused-ring (bicyclic) bond motifs is 5. The van der Waals surface area contributed by atoms with Crippen molar-refractivity contribution >= 4 is 32.7 Å². The maximum Gasteiger partial charge on any atom is 0.160 e. The molecule has 260 valence electrons.